The van der Waals surface area contributed by atoms with Crippen molar-refractivity contribution in [2.24, 2.45) is 11.0 Å². The number of aliphatic hydroxyl groups is 1. The van der Waals surface area contributed by atoms with Gasteiger partial charge in [-0.15, -0.1) is 0 Å². The molecule has 1 atom stereocenters. The molecule has 0 saturated heterocycles. The Labute approximate surface area is 130 Å². The van der Waals surface area contributed by atoms with Crippen molar-refractivity contribution in [3.05, 3.63) is 34.9 Å². The largest absolute Gasteiger partial charge is 0.438 e. The zero-order valence-electron chi connectivity index (χ0n) is 11.9. The quantitative estimate of drug-likeness (QED) is 0.900. The molecule has 0 saturated carbocycles. The molecule has 0 spiro atoms. The van der Waals surface area contributed by atoms with Crippen molar-refractivity contribution >= 4 is 23.2 Å². The number of carbonyl (C=O) groups excluding carboxylic acids is 1. The van der Waals surface area contributed by atoms with Gasteiger partial charge in [-0.3, -0.25) is 4.79 Å². The van der Waals surface area contributed by atoms with Gasteiger partial charge in [0.1, 0.15) is 0 Å². The summed E-state index contributed by atoms with van der Waals surface area (Å²) in [7, 11) is 0. The number of rotatable bonds is 2. The van der Waals surface area contributed by atoms with Crippen LogP contribution >= 0.6 is 11.6 Å². The molecular formula is C14H14ClF3N2O2. The molecule has 1 aliphatic rings. The second-order valence-corrected chi connectivity index (χ2v) is 5.80. The van der Waals surface area contributed by atoms with E-state index in [-0.39, 0.29) is 27.2 Å². The molecule has 2 rings (SSSR count). The predicted octanol–water partition coefficient (Wildman–Crippen LogP) is 3.45. The smallest absolute Gasteiger partial charge is 0.362 e. The van der Waals surface area contributed by atoms with Crippen molar-refractivity contribution in [2.75, 3.05) is 0 Å². The fourth-order valence-electron chi connectivity index (χ4n) is 2.07. The Morgan fingerprint density at radius 2 is 2.09 bits per heavy atom. The number of hydrazone groups is 1. The minimum Gasteiger partial charge on any atom is -0.362 e. The molecule has 0 radical (unpaired) electrons. The summed E-state index contributed by atoms with van der Waals surface area (Å²) in [4.78, 5) is 12.3. The van der Waals surface area contributed by atoms with E-state index in [1.807, 2.05) is 0 Å². The summed E-state index contributed by atoms with van der Waals surface area (Å²) >= 11 is 5.74. The van der Waals surface area contributed by atoms with Gasteiger partial charge in [0, 0.05) is 22.7 Å². The van der Waals surface area contributed by atoms with Gasteiger partial charge in [0.15, 0.2) is 0 Å². The highest BCUT2D eigenvalue weighted by molar-refractivity contribution is 6.31. The Morgan fingerprint density at radius 3 is 2.59 bits per heavy atom. The first kappa shape index (κ1) is 16.8. The van der Waals surface area contributed by atoms with Crippen molar-refractivity contribution in [1.82, 2.24) is 5.01 Å². The van der Waals surface area contributed by atoms with Crippen LogP contribution in [-0.2, 0) is 0 Å². The molecule has 1 aliphatic heterocycles. The summed E-state index contributed by atoms with van der Waals surface area (Å²) < 4.78 is 39.7. The molecule has 1 amide bonds. The molecule has 0 aromatic heterocycles. The maximum atomic E-state index is 13.2. The van der Waals surface area contributed by atoms with E-state index in [0.29, 0.717) is 0 Å². The number of nitrogens with zero attached hydrogens (tertiary/aromatic N) is 2. The molecule has 0 fully saturated rings. The van der Waals surface area contributed by atoms with Gasteiger partial charge in [-0.25, -0.2) is 0 Å². The summed E-state index contributed by atoms with van der Waals surface area (Å²) in [6, 6.07) is 5.46. The Bertz CT molecular complexity index is 631. The third-order valence-corrected chi connectivity index (χ3v) is 3.63. The van der Waals surface area contributed by atoms with Crippen LogP contribution in [0.4, 0.5) is 13.2 Å². The lowest BCUT2D eigenvalue weighted by Crippen LogP contribution is -2.56. The summed E-state index contributed by atoms with van der Waals surface area (Å²) in [5.41, 5.74) is -3.31. The summed E-state index contributed by atoms with van der Waals surface area (Å²) in [6.07, 6.45) is -5.79. The van der Waals surface area contributed by atoms with Crippen LogP contribution in [0.2, 0.25) is 5.02 Å². The number of alkyl halides is 3. The van der Waals surface area contributed by atoms with Crippen LogP contribution in [0.3, 0.4) is 0 Å². The average Bonchev–Trinajstić information content (AvgIpc) is 2.77. The van der Waals surface area contributed by atoms with Crippen LogP contribution in [0.15, 0.2) is 29.4 Å². The SMILES string of the molecule is CC(C)C1=NN(C(=O)c2cccc(Cl)c2)[C@@](O)(C(F)(F)F)C1. The Hall–Kier alpha value is -1.60. The molecule has 1 aromatic rings. The van der Waals surface area contributed by atoms with Gasteiger partial charge in [-0.05, 0) is 24.1 Å². The maximum absolute atomic E-state index is 13.2. The molecule has 1 aromatic carbocycles. The molecule has 0 bridgehead atoms. The van der Waals surface area contributed by atoms with Crippen LogP contribution < -0.4 is 0 Å². The second kappa shape index (κ2) is 5.55. The van der Waals surface area contributed by atoms with E-state index >= 15 is 0 Å². The zero-order chi connectivity index (χ0) is 16.7. The van der Waals surface area contributed by atoms with Gasteiger partial charge in [0.25, 0.3) is 11.6 Å². The molecule has 1 N–H and O–H groups in total. The van der Waals surface area contributed by atoms with Crippen LogP contribution in [-0.4, -0.2) is 33.6 Å². The van der Waals surface area contributed by atoms with Crippen molar-refractivity contribution < 1.29 is 23.1 Å². The van der Waals surface area contributed by atoms with E-state index in [0.717, 1.165) is 0 Å². The van der Waals surface area contributed by atoms with E-state index < -0.39 is 24.2 Å². The monoisotopic (exact) mass is 334 g/mol. The van der Waals surface area contributed by atoms with Crippen molar-refractivity contribution in [3.8, 4) is 0 Å². The highest BCUT2D eigenvalue weighted by Crippen LogP contribution is 2.42. The van der Waals surface area contributed by atoms with Gasteiger partial charge in [0.05, 0.1) is 0 Å². The normalized spacial score (nSPS) is 22.2. The molecule has 22 heavy (non-hydrogen) atoms. The number of benzene rings is 1. The van der Waals surface area contributed by atoms with Gasteiger partial charge in [-0.2, -0.15) is 23.3 Å². The van der Waals surface area contributed by atoms with Crippen LogP contribution in [0.1, 0.15) is 30.6 Å². The van der Waals surface area contributed by atoms with E-state index in [1.54, 1.807) is 13.8 Å². The molecule has 4 nitrogen and oxygen atoms in total. The van der Waals surface area contributed by atoms with Gasteiger partial charge in [0.2, 0.25) is 0 Å². The Balaban J connectivity index is 2.46. The standard InChI is InChI=1S/C14H14ClF3N2O2/c1-8(2)11-7-13(22,14(16,17)18)20(19-11)12(21)9-4-3-5-10(15)6-9/h3-6,8,22H,7H2,1-2H3/t13-/m0/s1. The van der Waals surface area contributed by atoms with E-state index in [9.17, 15) is 23.1 Å². The van der Waals surface area contributed by atoms with Crippen molar-refractivity contribution in [1.29, 1.82) is 0 Å². The second-order valence-electron chi connectivity index (χ2n) is 5.36. The van der Waals surface area contributed by atoms with Crippen molar-refractivity contribution in [3.63, 3.8) is 0 Å². The van der Waals surface area contributed by atoms with E-state index in [2.05, 4.69) is 5.10 Å². The summed E-state index contributed by atoms with van der Waals surface area (Å²) in [6.45, 7) is 3.28. The molecule has 0 unspecified atom stereocenters. The molecule has 0 aliphatic carbocycles. The first-order valence-electron chi connectivity index (χ1n) is 6.53. The average molecular weight is 335 g/mol. The number of hydrogen-bond acceptors (Lipinski definition) is 3. The highest BCUT2D eigenvalue weighted by Gasteiger charge is 2.63. The third kappa shape index (κ3) is 2.83. The summed E-state index contributed by atoms with van der Waals surface area (Å²) in [5.74, 6) is -1.39. The topological polar surface area (TPSA) is 52.9 Å². The first-order chi connectivity index (χ1) is 10.1. The third-order valence-electron chi connectivity index (χ3n) is 3.39. The lowest BCUT2D eigenvalue weighted by atomic mass is 9.99. The lowest BCUT2D eigenvalue weighted by Gasteiger charge is -2.32. The fraction of sp³-hybridized carbons (Fsp3) is 0.429. The first-order valence-corrected chi connectivity index (χ1v) is 6.90. The number of amides is 1. The Morgan fingerprint density at radius 1 is 1.45 bits per heavy atom. The Kier molecular flexibility index (Phi) is 4.23. The highest BCUT2D eigenvalue weighted by atomic mass is 35.5. The molecular weight excluding hydrogens is 321 g/mol. The van der Waals surface area contributed by atoms with Crippen LogP contribution in [0.5, 0.6) is 0 Å². The molecule has 120 valence electrons. The van der Waals surface area contributed by atoms with E-state index in [1.165, 1.54) is 24.3 Å². The fourth-order valence-corrected chi connectivity index (χ4v) is 2.26. The zero-order valence-corrected chi connectivity index (χ0v) is 12.6. The minimum absolute atomic E-state index is 0.0797. The van der Waals surface area contributed by atoms with Crippen LogP contribution in [0, 0.1) is 5.92 Å². The van der Waals surface area contributed by atoms with Gasteiger partial charge in [-0.1, -0.05) is 31.5 Å². The maximum Gasteiger partial charge on any atom is 0.438 e. The lowest BCUT2D eigenvalue weighted by molar-refractivity contribution is -0.297. The number of carbonyl (C=O) groups is 1. The number of halogens is 4. The van der Waals surface area contributed by atoms with Gasteiger partial charge >= 0.3 is 6.18 Å². The van der Waals surface area contributed by atoms with Crippen LogP contribution in [0.25, 0.3) is 0 Å². The minimum atomic E-state index is -5.03. The molecule has 1 heterocycles. The molecule has 8 heteroatoms. The van der Waals surface area contributed by atoms with Crippen molar-refractivity contribution in [2.45, 2.75) is 32.2 Å². The summed E-state index contributed by atoms with van der Waals surface area (Å²) in [5, 5.41) is 14.0. The predicted molar refractivity (Wildman–Crippen MR) is 75.5 cm³/mol. The number of hydrogen-bond donors (Lipinski definition) is 1. The van der Waals surface area contributed by atoms with E-state index in [4.69, 9.17) is 11.6 Å². The van der Waals surface area contributed by atoms with Gasteiger partial charge < -0.3 is 5.11 Å².